The maximum atomic E-state index is 10.3. The van der Waals surface area contributed by atoms with E-state index in [0.29, 0.717) is 6.61 Å². The lowest BCUT2D eigenvalue weighted by molar-refractivity contribution is 0.168. The van der Waals surface area contributed by atoms with E-state index in [-0.39, 0.29) is 6.10 Å². The van der Waals surface area contributed by atoms with E-state index in [0.717, 1.165) is 47.9 Å². The summed E-state index contributed by atoms with van der Waals surface area (Å²) in [4.78, 5) is 3.44. The average molecular weight is 245 g/mol. The zero-order chi connectivity index (χ0) is 12.5. The summed E-state index contributed by atoms with van der Waals surface area (Å²) in [6.45, 7) is 2.65. The number of ether oxygens (including phenoxy) is 1. The van der Waals surface area contributed by atoms with Gasteiger partial charge in [-0.2, -0.15) is 0 Å². The van der Waals surface area contributed by atoms with E-state index in [1.165, 1.54) is 5.69 Å². The molecule has 0 radical (unpaired) electrons. The smallest absolute Gasteiger partial charge is 0.120 e. The Labute approximate surface area is 107 Å². The van der Waals surface area contributed by atoms with Crippen LogP contribution in [0.1, 0.15) is 43.5 Å². The number of aromatic amines is 1. The molecule has 0 spiro atoms. The van der Waals surface area contributed by atoms with Gasteiger partial charge < -0.3 is 14.8 Å². The monoisotopic (exact) mass is 245 g/mol. The molecule has 1 aromatic carbocycles. The van der Waals surface area contributed by atoms with Crippen molar-refractivity contribution in [3.63, 3.8) is 0 Å². The molecule has 1 atom stereocenters. The van der Waals surface area contributed by atoms with Gasteiger partial charge >= 0.3 is 0 Å². The fourth-order valence-corrected chi connectivity index (χ4v) is 2.87. The van der Waals surface area contributed by atoms with Gasteiger partial charge in [0.15, 0.2) is 0 Å². The molecular weight excluding hydrogens is 226 g/mol. The molecule has 1 aromatic heterocycles. The van der Waals surface area contributed by atoms with Crippen molar-refractivity contribution in [3.05, 3.63) is 29.5 Å². The summed E-state index contributed by atoms with van der Waals surface area (Å²) in [5.74, 6) is 0.878. The van der Waals surface area contributed by atoms with Gasteiger partial charge in [0.2, 0.25) is 0 Å². The van der Waals surface area contributed by atoms with Crippen LogP contribution in [0.5, 0.6) is 5.75 Å². The van der Waals surface area contributed by atoms with Crippen molar-refractivity contribution in [2.45, 2.75) is 38.7 Å². The molecule has 3 nitrogen and oxygen atoms in total. The van der Waals surface area contributed by atoms with E-state index < -0.39 is 0 Å². The van der Waals surface area contributed by atoms with Gasteiger partial charge in [0.1, 0.15) is 5.75 Å². The number of aliphatic hydroxyl groups is 1. The summed E-state index contributed by atoms with van der Waals surface area (Å²) in [5, 5.41) is 11.4. The minimum atomic E-state index is -0.340. The van der Waals surface area contributed by atoms with E-state index in [2.05, 4.69) is 4.98 Å². The lowest BCUT2D eigenvalue weighted by Crippen LogP contribution is -1.97. The molecule has 3 rings (SSSR count). The molecule has 96 valence electrons. The van der Waals surface area contributed by atoms with Crippen LogP contribution in [0.25, 0.3) is 10.9 Å². The molecule has 0 bridgehead atoms. The second-order valence-corrected chi connectivity index (χ2v) is 4.92. The summed E-state index contributed by atoms with van der Waals surface area (Å²) in [7, 11) is 0. The molecule has 1 aliphatic rings. The van der Waals surface area contributed by atoms with Gasteiger partial charge in [-0.25, -0.2) is 0 Å². The Balaban J connectivity index is 2.15. The number of hydrogen-bond donors (Lipinski definition) is 2. The molecule has 1 aliphatic carbocycles. The lowest BCUT2D eigenvalue weighted by Gasteiger charge is -2.09. The number of aliphatic hydroxyl groups excluding tert-OH is 1. The summed E-state index contributed by atoms with van der Waals surface area (Å²) >= 11 is 0. The van der Waals surface area contributed by atoms with Crippen LogP contribution in [0.2, 0.25) is 0 Å². The van der Waals surface area contributed by atoms with E-state index in [9.17, 15) is 5.11 Å². The zero-order valence-electron chi connectivity index (χ0n) is 10.7. The third-order valence-electron chi connectivity index (χ3n) is 3.69. The number of rotatable bonds is 2. The van der Waals surface area contributed by atoms with Crippen molar-refractivity contribution < 1.29 is 9.84 Å². The van der Waals surface area contributed by atoms with Gasteiger partial charge in [0.25, 0.3) is 0 Å². The number of aryl methyl sites for hydroxylation is 1. The molecular formula is C15H19NO2. The number of aromatic nitrogens is 1. The number of nitrogens with one attached hydrogen (secondary N) is 1. The van der Waals surface area contributed by atoms with E-state index in [4.69, 9.17) is 4.74 Å². The highest BCUT2D eigenvalue weighted by molar-refractivity contribution is 5.86. The quantitative estimate of drug-likeness (QED) is 0.797. The zero-order valence-corrected chi connectivity index (χ0v) is 10.7. The first-order chi connectivity index (χ1) is 8.79. The highest BCUT2D eigenvalue weighted by Crippen LogP contribution is 2.36. The van der Waals surface area contributed by atoms with Gasteiger partial charge in [0.05, 0.1) is 12.7 Å². The highest BCUT2D eigenvalue weighted by atomic mass is 16.5. The van der Waals surface area contributed by atoms with Crippen LogP contribution in [0.3, 0.4) is 0 Å². The highest BCUT2D eigenvalue weighted by Gasteiger charge is 2.21. The minimum absolute atomic E-state index is 0.340. The van der Waals surface area contributed by atoms with Crippen LogP contribution < -0.4 is 4.74 Å². The maximum Gasteiger partial charge on any atom is 0.120 e. The van der Waals surface area contributed by atoms with Crippen LogP contribution in [-0.2, 0) is 6.42 Å². The van der Waals surface area contributed by atoms with Crippen molar-refractivity contribution in [3.8, 4) is 5.75 Å². The molecule has 0 saturated carbocycles. The first kappa shape index (κ1) is 11.6. The molecule has 2 aromatic rings. The molecule has 0 saturated heterocycles. The van der Waals surface area contributed by atoms with Gasteiger partial charge in [-0.3, -0.25) is 0 Å². The second-order valence-electron chi connectivity index (χ2n) is 4.92. The number of hydrogen-bond acceptors (Lipinski definition) is 2. The van der Waals surface area contributed by atoms with Crippen molar-refractivity contribution in [1.82, 2.24) is 4.98 Å². The average Bonchev–Trinajstić information content (AvgIpc) is 2.62. The van der Waals surface area contributed by atoms with Crippen LogP contribution in [0.4, 0.5) is 0 Å². The fourth-order valence-electron chi connectivity index (χ4n) is 2.87. The third-order valence-corrected chi connectivity index (χ3v) is 3.69. The summed E-state index contributed by atoms with van der Waals surface area (Å²) in [5.41, 5.74) is 3.39. The van der Waals surface area contributed by atoms with E-state index in [1.807, 2.05) is 25.1 Å². The molecule has 2 N–H and O–H groups in total. The SMILES string of the molecule is CCOc1ccc2[nH]c3c(c2c1)C(O)CCCC3. The lowest BCUT2D eigenvalue weighted by atomic mass is 10.0. The molecule has 18 heavy (non-hydrogen) atoms. The fraction of sp³-hybridized carbons (Fsp3) is 0.467. The predicted octanol–water partition coefficient (Wildman–Crippen LogP) is 3.33. The maximum absolute atomic E-state index is 10.3. The van der Waals surface area contributed by atoms with Crippen LogP contribution in [0.15, 0.2) is 18.2 Å². The Morgan fingerprint density at radius 3 is 3.11 bits per heavy atom. The van der Waals surface area contributed by atoms with Gasteiger partial charge in [-0.1, -0.05) is 6.42 Å². The van der Waals surface area contributed by atoms with E-state index >= 15 is 0 Å². The van der Waals surface area contributed by atoms with Gasteiger partial charge in [0, 0.05) is 22.2 Å². The van der Waals surface area contributed by atoms with Crippen LogP contribution in [-0.4, -0.2) is 16.7 Å². The molecule has 1 unspecified atom stereocenters. The van der Waals surface area contributed by atoms with Crippen molar-refractivity contribution >= 4 is 10.9 Å². The Kier molecular flexibility index (Phi) is 3.00. The first-order valence-corrected chi connectivity index (χ1v) is 6.75. The topological polar surface area (TPSA) is 45.2 Å². The summed E-state index contributed by atoms with van der Waals surface area (Å²) in [6, 6.07) is 6.07. The molecule has 0 aliphatic heterocycles. The third kappa shape index (κ3) is 1.89. The van der Waals surface area contributed by atoms with Crippen LogP contribution in [0, 0.1) is 0 Å². The molecule has 1 heterocycles. The Morgan fingerprint density at radius 2 is 2.28 bits per heavy atom. The number of fused-ring (bicyclic) bond motifs is 3. The number of benzene rings is 1. The standard InChI is InChI=1S/C15H19NO2/c1-2-18-10-7-8-12-11(9-10)15-13(16-12)5-3-4-6-14(15)17/h7-9,14,16-17H,2-6H2,1H3. The number of H-pyrrole nitrogens is 1. The summed E-state index contributed by atoms with van der Waals surface area (Å²) < 4.78 is 5.55. The van der Waals surface area contributed by atoms with Gasteiger partial charge in [-0.05, 0) is 44.4 Å². The second kappa shape index (κ2) is 4.65. The normalized spacial score (nSPS) is 19.6. The first-order valence-electron chi connectivity index (χ1n) is 6.75. The van der Waals surface area contributed by atoms with Crippen LogP contribution >= 0.6 is 0 Å². The Morgan fingerprint density at radius 1 is 1.39 bits per heavy atom. The van der Waals surface area contributed by atoms with Crippen molar-refractivity contribution in [2.24, 2.45) is 0 Å². The largest absolute Gasteiger partial charge is 0.494 e. The van der Waals surface area contributed by atoms with Crippen molar-refractivity contribution in [2.75, 3.05) is 6.61 Å². The predicted molar refractivity (Wildman–Crippen MR) is 72.0 cm³/mol. The van der Waals surface area contributed by atoms with E-state index in [1.54, 1.807) is 0 Å². The minimum Gasteiger partial charge on any atom is -0.494 e. The Bertz CT molecular complexity index is 559. The Hall–Kier alpha value is -1.48. The van der Waals surface area contributed by atoms with Crippen molar-refractivity contribution in [1.29, 1.82) is 0 Å². The van der Waals surface area contributed by atoms with Gasteiger partial charge in [-0.15, -0.1) is 0 Å². The molecule has 0 amide bonds. The molecule has 0 fully saturated rings. The summed E-state index contributed by atoms with van der Waals surface area (Å²) in [6.07, 6.45) is 3.79. The molecule has 3 heteroatoms.